The van der Waals surface area contributed by atoms with E-state index in [2.05, 4.69) is 35.6 Å². The predicted molar refractivity (Wildman–Crippen MR) is 49.4 cm³/mol. The largest absolute Gasteiger partial charge is 0.327 e. The van der Waals surface area contributed by atoms with Crippen molar-refractivity contribution in [2.45, 2.75) is 19.6 Å². The summed E-state index contributed by atoms with van der Waals surface area (Å²) in [4.78, 5) is 0. The van der Waals surface area contributed by atoms with Crippen LogP contribution >= 0.6 is 15.9 Å². The van der Waals surface area contributed by atoms with Gasteiger partial charge in [0.25, 0.3) is 0 Å². The lowest BCUT2D eigenvalue weighted by molar-refractivity contribution is 1.25. The topological polar surface area (TPSA) is 26.0 Å². The molecule has 1 nitrogen and oxygen atoms in total. The van der Waals surface area contributed by atoms with Gasteiger partial charge >= 0.3 is 0 Å². The molecule has 0 unspecified atom stereocenters. The summed E-state index contributed by atoms with van der Waals surface area (Å²) in [6.07, 6.45) is 2.05. The Hall–Kier alpha value is 0.397. The molecule has 3 heteroatoms. The first-order chi connectivity index (χ1) is 3.98. The van der Waals surface area contributed by atoms with Crippen molar-refractivity contribution >= 4 is 24.0 Å². The van der Waals surface area contributed by atoms with Crippen LogP contribution in [0, 0.1) is 0 Å². The van der Waals surface area contributed by atoms with Gasteiger partial charge in [-0.05, 0) is 4.11 Å². The minimum Gasteiger partial charge on any atom is -0.327 e. The molecule has 0 spiro atoms. The molecule has 0 saturated heterocycles. The van der Waals surface area contributed by atoms with Gasteiger partial charge < -0.3 is 5.73 Å². The van der Waals surface area contributed by atoms with Gasteiger partial charge in [-0.3, -0.25) is 0 Å². The van der Waals surface area contributed by atoms with Crippen LogP contribution in [-0.4, -0.2) is 14.6 Å². The summed E-state index contributed by atoms with van der Waals surface area (Å²) >= 11 is 3.50. The minimum atomic E-state index is -1.08. The number of nitrogens with two attached hydrogens (primary N) is 1. The fourth-order valence-electron chi connectivity index (χ4n) is 0.410. The molecule has 9 heavy (non-hydrogen) atoms. The second kappa shape index (κ2) is 3.54. The maximum Gasteiger partial charge on any atom is 0.0862 e. The SMILES string of the molecule is C[Si](C)(C)/C(Br)=C\CN. The third-order valence-corrected chi connectivity index (χ3v) is 6.54. The predicted octanol–water partition coefficient (Wildman–Crippen LogP) is 2.10. The molecule has 0 aliphatic rings. The highest BCUT2D eigenvalue weighted by Gasteiger charge is 2.15. The molecule has 0 radical (unpaired) electrons. The Morgan fingerprint density at radius 1 is 1.56 bits per heavy atom. The van der Waals surface area contributed by atoms with Crippen LogP contribution in [0.25, 0.3) is 0 Å². The molecular weight excluding hydrogens is 194 g/mol. The van der Waals surface area contributed by atoms with Crippen LogP contribution in [0.3, 0.4) is 0 Å². The van der Waals surface area contributed by atoms with Crippen molar-refractivity contribution in [3.05, 3.63) is 10.2 Å². The first-order valence-electron chi connectivity index (χ1n) is 3.04. The minimum absolute atomic E-state index is 0.644. The van der Waals surface area contributed by atoms with Crippen LogP contribution < -0.4 is 5.73 Å². The lowest BCUT2D eigenvalue weighted by atomic mass is 10.7. The quantitative estimate of drug-likeness (QED) is 0.691. The van der Waals surface area contributed by atoms with Crippen molar-refractivity contribution in [3.8, 4) is 0 Å². The van der Waals surface area contributed by atoms with Crippen LogP contribution in [0.4, 0.5) is 0 Å². The maximum atomic E-state index is 5.34. The number of hydrogen-bond acceptors (Lipinski definition) is 1. The van der Waals surface area contributed by atoms with Gasteiger partial charge in [-0.15, -0.1) is 0 Å². The van der Waals surface area contributed by atoms with Crippen molar-refractivity contribution in [3.63, 3.8) is 0 Å². The van der Waals surface area contributed by atoms with Crippen molar-refractivity contribution in [1.82, 2.24) is 0 Å². The molecule has 0 bridgehead atoms. The van der Waals surface area contributed by atoms with E-state index in [1.54, 1.807) is 0 Å². The van der Waals surface area contributed by atoms with E-state index in [0.717, 1.165) is 0 Å². The molecule has 0 aromatic heterocycles. The van der Waals surface area contributed by atoms with Gasteiger partial charge in [0, 0.05) is 6.54 Å². The van der Waals surface area contributed by atoms with Crippen LogP contribution in [0.15, 0.2) is 10.2 Å². The van der Waals surface area contributed by atoms with E-state index in [9.17, 15) is 0 Å². The van der Waals surface area contributed by atoms with Crippen LogP contribution in [0.2, 0.25) is 19.6 Å². The van der Waals surface area contributed by atoms with Gasteiger partial charge in [0.2, 0.25) is 0 Å². The Labute approximate surface area is 66.5 Å². The van der Waals surface area contributed by atoms with E-state index in [1.807, 2.05) is 6.08 Å². The summed E-state index contributed by atoms with van der Waals surface area (Å²) in [6.45, 7) is 7.49. The highest BCUT2D eigenvalue weighted by molar-refractivity contribution is 9.12. The van der Waals surface area contributed by atoms with Crippen molar-refractivity contribution < 1.29 is 0 Å². The zero-order chi connectivity index (χ0) is 7.49. The fourth-order valence-corrected chi connectivity index (χ4v) is 1.33. The van der Waals surface area contributed by atoms with E-state index >= 15 is 0 Å². The van der Waals surface area contributed by atoms with Crippen molar-refractivity contribution in [2.24, 2.45) is 5.73 Å². The highest BCUT2D eigenvalue weighted by Crippen LogP contribution is 2.19. The second-order valence-corrected chi connectivity index (χ2v) is 9.66. The molecule has 0 rings (SSSR count). The Morgan fingerprint density at radius 2 is 2.00 bits per heavy atom. The lowest BCUT2D eigenvalue weighted by Gasteiger charge is -2.14. The third-order valence-electron chi connectivity index (χ3n) is 1.01. The van der Waals surface area contributed by atoms with Gasteiger partial charge in [0.05, 0.1) is 8.07 Å². The molecule has 0 amide bonds. The first kappa shape index (κ1) is 9.40. The van der Waals surface area contributed by atoms with Gasteiger partial charge in [-0.25, -0.2) is 0 Å². The number of hydrogen-bond donors (Lipinski definition) is 1. The van der Waals surface area contributed by atoms with Crippen molar-refractivity contribution in [1.29, 1.82) is 0 Å². The average molecular weight is 208 g/mol. The lowest BCUT2D eigenvalue weighted by Crippen LogP contribution is -2.21. The van der Waals surface area contributed by atoms with E-state index in [1.165, 1.54) is 4.11 Å². The van der Waals surface area contributed by atoms with E-state index in [0.29, 0.717) is 6.54 Å². The zero-order valence-electron chi connectivity index (χ0n) is 6.24. The molecule has 0 saturated carbocycles. The van der Waals surface area contributed by atoms with Crippen LogP contribution in [0.5, 0.6) is 0 Å². The molecule has 0 heterocycles. The summed E-state index contributed by atoms with van der Waals surface area (Å²) in [5, 5.41) is 0. The van der Waals surface area contributed by atoms with E-state index in [4.69, 9.17) is 5.73 Å². The molecule has 0 aromatic carbocycles. The number of rotatable bonds is 2. The monoisotopic (exact) mass is 207 g/mol. The molecule has 54 valence electrons. The zero-order valence-corrected chi connectivity index (χ0v) is 8.83. The molecule has 0 aliphatic carbocycles. The summed E-state index contributed by atoms with van der Waals surface area (Å²) < 4.78 is 1.32. The first-order valence-corrected chi connectivity index (χ1v) is 7.34. The average Bonchev–Trinajstić information content (AvgIpc) is 1.64. The second-order valence-electron chi connectivity index (χ2n) is 3.04. The standard InChI is InChI=1S/C6H14BrNSi/c1-9(2,3)6(7)4-5-8/h4H,5,8H2,1-3H3/b6-4-. The molecule has 0 aliphatic heterocycles. The van der Waals surface area contributed by atoms with Gasteiger partial charge in [0.1, 0.15) is 0 Å². The summed E-state index contributed by atoms with van der Waals surface area (Å²) in [5.41, 5.74) is 5.34. The normalized spacial score (nSPS) is 14.1. The summed E-state index contributed by atoms with van der Waals surface area (Å²) in [5.74, 6) is 0. The van der Waals surface area contributed by atoms with Gasteiger partial charge in [0.15, 0.2) is 0 Å². The Bertz CT molecular complexity index is 115. The Morgan fingerprint density at radius 3 is 2.11 bits per heavy atom. The molecule has 0 aromatic rings. The van der Waals surface area contributed by atoms with Crippen molar-refractivity contribution in [2.75, 3.05) is 6.54 Å². The fraction of sp³-hybridized carbons (Fsp3) is 0.667. The molecule has 0 atom stereocenters. The van der Waals surface area contributed by atoms with Gasteiger partial charge in [-0.1, -0.05) is 41.6 Å². The van der Waals surface area contributed by atoms with Crippen LogP contribution in [0.1, 0.15) is 0 Å². The number of halogens is 1. The molecule has 2 N–H and O–H groups in total. The summed E-state index contributed by atoms with van der Waals surface area (Å²) in [6, 6.07) is 0. The van der Waals surface area contributed by atoms with E-state index in [-0.39, 0.29) is 0 Å². The Kier molecular flexibility index (Phi) is 3.69. The molecular formula is C6H14BrNSi. The summed E-state index contributed by atoms with van der Waals surface area (Å²) in [7, 11) is -1.08. The third kappa shape index (κ3) is 3.89. The molecule has 0 fully saturated rings. The van der Waals surface area contributed by atoms with Gasteiger partial charge in [-0.2, -0.15) is 0 Å². The van der Waals surface area contributed by atoms with E-state index < -0.39 is 8.07 Å². The Balaban J connectivity index is 4.03. The highest BCUT2D eigenvalue weighted by atomic mass is 79.9. The smallest absolute Gasteiger partial charge is 0.0862 e. The van der Waals surface area contributed by atoms with Crippen LogP contribution in [-0.2, 0) is 0 Å². The maximum absolute atomic E-state index is 5.34.